The van der Waals surface area contributed by atoms with Gasteiger partial charge in [0.25, 0.3) is 0 Å². The van der Waals surface area contributed by atoms with Crippen LogP contribution in [-0.4, -0.2) is 25.1 Å². The van der Waals surface area contributed by atoms with Crippen LogP contribution in [0.4, 0.5) is 0 Å². The molecule has 0 fully saturated rings. The molecular weight excluding hydrogens is 212 g/mol. The van der Waals surface area contributed by atoms with Crippen LogP contribution in [0.2, 0.25) is 0 Å². The van der Waals surface area contributed by atoms with E-state index in [1.807, 2.05) is 24.3 Å². The number of para-hydroxylation sites is 1. The summed E-state index contributed by atoms with van der Waals surface area (Å²) < 4.78 is 5.81. The first-order valence-electron chi connectivity index (χ1n) is 5.79. The maximum Gasteiger partial charge on any atom is 0.128 e. The smallest absolute Gasteiger partial charge is 0.128 e. The average Bonchev–Trinajstić information content (AvgIpc) is 2.38. The fourth-order valence-electron chi connectivity index (χ4n) is 1.77. The number of nitrogens with zero attached hydrogens (tertiary/aromatic N) is 1. The molecule has 0 atom stereocenters. The SMILES string of the molecule is CN1CC=CC=C1COc1ccccc1CN. The van der Waals surface area contributed by atoms with Gasteiger partial charge in [-0.2, -0.15) is 0 Å². The molecule has 0 unspecified atom stereocenters. The zero-order chi connectivity index (χ0) is 12.1. The minimum Gasteiger partial charge on any atom is -0.487 e. The molecule has 90 valence electrons. The van der Waals surface area contributed by atoms with Gasteiger partial charge in [-0.15, -0.1) is 0 Å². The largest absolute Gasteiger partial charge is 0.487 e. The van der Waals surface area contributed by atoms with E-state index >= 15 is 0 Å². The highest BCUT2D eigenvalue weighted by atomic mass is 16.5. The molecule has 0 spiro atoms. The van der Waals surface area contributed by atoms with Crippen LogP contribution in [0.3, 0.4) is 0 Å². The summed E-state index contributed by atoms with van der Waals surface area (Å²) in [5.41, 5.74) is 7.89. The first-order valence-corrected chi connectivity index (χ1v) is 5.79. The van der Waals surface area contributed by atoms with Gasteiger partial charge in [0.05, 0.1) is 5.70 Å². The van der Waals surface area contributed by atoms with Crippen LogP contribution in [-0.2, 0) is 6.54 Å². The van der Waals surface area contributed by atoms with Gasteiger partial charge in [-0.05, 0) is 12.1 Å². The van der Waals surface area contributed by atoms with E-state index in [4.69, 9.17) is 10.5 Å². The van der Waals surface area contributed by atoms with Crippen molar-refractivity contribution in [3.05, 3.63) is 53.8 Å². The van der Waals surface area contributed by atoms with Gasteiger partial charge in [-0.1, -0.05) is 30.4 Å². The number of ether oxygens (including phenoxy) is 1. The van der Waals surface area contributed by atoms with Gasteiger partial charge in [0.2, 0.25) is 0 Å². The van der Waals surface area contributed by atoms with Crippen molar-refractivity contribution in [2.45, 2.75) is 6.54 Å². The molecule has 0 saturated heterocycles. The average molecular weight is 230 g/mol. The van der Waals surface area contributed by atoms with Crippen LogP contribution in [0.1, 0.15) is 5.56 Å². The van der Waals surface area contributed by atoms with Gasteiger partial charge in [-0.3, -0.25) is 0 Å². The predicted octanol–water partition coefficient (Wildman–Crippen LogP) is 1.91. The number of benzene rings is 1. The lowest BCUT2D eigenvalue weighted by Gasteiger charge is -2.23. The molecule has 0 aromatic heterocycles. The monoisotopic (exact) mass is 230 g/mol. The van der Waals surface area contributed by atoms with Crippen molar-refractivity contribution in [3.8, 4) is 5.75 Å². The van der Waals surface area contributed by atoms with Crippen molar-refractivity contribution in [3.63, 3.8) is 0 Å². The first-order chi connectivity index (χ1) is 8.31. The van der Waals surface area contributed by atoms with Crippen LogP contribution in [0, 0.1) is 0 Å². The summed E-state index contributed by atoms with van der Waals surface area (Å²) in [6.07, 6.45) is 6.26. The third-order valence-corrected chi connectivity index (χ3v) is 2.86. The highest BCUT2D eigenvalue weighted by Crippen LogP contribution is 2.18. The summed E-state index contributed by atoms with van der Waals surface area (Å²) >= 11 is 0. The number of likely N-dealkylation sites (N-methyl/N-ethyl adjacent to an activating group) is 1. The highest BCUT2D eigenvalue weighted by Gasteiger charge is 2.07. The quantitative estimate of drug-likeness (QED) is 0.858. The van der Waals surface area contributed by atoms with E-state index in [-0.39, 0.29) is 0 Å². The molecule has 3 nitrogen and oxygen atoms in total. The Bertz CT molecular complexity index is 438. The molecule has 0 radical (unpaired) electrons. The Balaban J connectivity index is 2.02. The standard InChI is InChI=1S/C14H18N2O/c1-16-9-5-4-7-13(16)11-17-14-8-3-2-6-12(14)10-15/h2-8H,9-11,15H2,1H3. The van der Waals surface area contributed by atoms with Crippen LogP contribution >= 0.6 is 0 Å². The summed E-state index contributed by atoms with van der Waals surface area (Å²) in [7, 11) is 2.06. The van der Waals surface area contributed by atoms with Gasteiger partial charge in [0, 0.05) is 25.7 Å². The first kappa shape index (κ1) is 11.7. The van der Waals surface area contributed by atoms with Gasteiger partial charge < -0.3 is 15.4 Å². The number of hydrogen-bond acceptors (Lipinski definition) is 3. The Morgan fingerprint density at radius 3 is 2.94 bits per heavy atom. The van der Waals surface area contributed by atoms with E-state index in [2.05, 4.69) is 30.2 Å². The van der Waals surface area contributed by atoms with Crippen molar-refractivity contribution in [1.82, 2.24) is 4.90 Å². The van der Waals surface area contributed by atoms with Crippen molar-refractivity contribution in [2.75, 3.05) is 20.2 Å². The fourth-order valence-corrected chi connectivity index (χ4v) is 1.77. The van der Waals surface area contributed by atoms with Gasteiger partial charge >= 0.3 is 0 Å². The number of hydrogen-bond donors (Lipinski definition) is 1. The summed E-state index contributed by atoms with van der Waals surface area (Å²) in [5.74, 6) is 0.874. The Hall–Kier alpha value is -1.74. The van der Waals surface area contributed by atoms with E-state index in [1.54, 1.807) is 0 Å². The van der Waals surface area contributed by atoms with E-state index in [0.717, 1.165) is 17.9 Å². The molecule has 2 N–H and O–H groups in total. The number of nitrogens with two attached hydrogens (primary N) is 1. The Kier molecular flexibility index (Phi) is 3.83. The van der Waals surface area contributed by atoms with E-state index in [1.165, 1.54) is 5.70 Å². The zero-order valence-electron chi connectivity index (χ0n) is 10.1. The molecule has 0 bridgehead atoms. The lowest BCUT2D eigenvalue weighted by Crippen LogP contribution is -2.24. The van der Waals surface area contributed by atoms with Crippen molar-refractivity contribution in [2.24, 2.45) is 5.73 Å². The summed E-state index contributed by atoms with van der Waals surface area (Å²) in [4.78, 5) is 2.17. The summed E-state index contributed by atoms with van der Waals surface area (Å²) in [5, 5.41) is 0. The molecule has 3 heteroatoms. The molecule has 0 saturated carbocycles. The number of rotatable bonds is 4. The third kappa shape index (κ3) is 2.88. The van der Waals surface area contributed by atoms with Gasteiger partial charge in [-0.25, -0.2) is 0 Å². The van der Waals surface area contributed by atoms with E-state index in [0.29, 0.717) is 13.2 Å². The van der Waals surface area contributed by atoms with E-state index in [9.17, 15) is 0 Å². The van der Waals surface area contributed by atoms with Crippen LogP contribution in [0.5, 0.6) is 5.75 Å². The molecule has 2 rings (SSSR count). The second-order valence-corrected chi connectivity index (χ2v) is 4.07. The van der Waals surface area contributed by atoms with Crippen molar-refractivity contribution >= 4 is 0 Å². The maximum absolute atomic E-state index is 5.81. The second kappa shape index (κ2) is 5.55. The Labute approximate surface area is 102 Å². The van der Waals surface area contributed by atoms with Crippen molar-refractivity contribution in [1.29, 1.82) is 0 Å². The molecule has 0 amide bonds. The van der Waals surface area contributed by atoms with Crippen LogP contribution in [0.25, 0.3) is 0 Å². The highest BCUT2D eigenvalue weighted by molar-refractivity contribution is 5.33. The topological polar surface area (TPSA) is 38.5 Å². The molecular formula is C14H18N2O. The zero-order valence-corrected chi connectivity index (χ0v) is 10.1. The molecule has 0 aliphatic carbocycles. The summed E-state index contributed by atoms with van der Waals surface area (Å²) in [6.45, 7) is 2.02. The fraction of sp³-hybridized carbons (Fsp3) is 0.286. The molecule has 1 aromatic carbocycles. The van der Waals surface area contributed by atoms with Crippen LogP contribution < -0.4 is 10.5 Å². The molecule has 17 heavy (non-hydrogen) atoms. The second-order valence-electron chi connectivity index (χ2n) is 4.07. The minimum atomic E-state index is 0.505. The molecule has 1 aliphatic rings. The van der Waals surface area contributed by atoms with Crippen LogP contribution in [0.15, 0.2) is 48.2 Å². The lowest BCUT2D eigenvalue weighted by molar-refractivity contribution is 0.297. The number of allylic oxidation sites excluding steroid dienone is 2. The van der Waals surface area contributed by atoms with Gasteiger partial charge in [0.15, 0.2) is 0 Å². The lowest BCUT2D eigenvalue weighted by atomic mass is 10.2. The minimum absolute atomic E-state index is 0.505. The van der Waals surface area contributed by atoms with Gasteiger partial charge in [0.1, 0.15) is 12.4 Å². The summed E-state index contributed by atoms with van der Waals surface area (Å²) in [6, 6.07) is 7.90. The molecule has 1 aliphatic heterocycles. The van der Waals surface area contributed by atoms with Crippen molar-refractivity contribution < 1.29 is 4.74 Å². The molecule has 1 aromatic rings. The predicted molar refractivity (Wildman–Crippen MR) is 69.7 cm³/mol. The molecule has 1 heterocycles. The third-order valence-electron chi connectivity index (χ3n) is 2.86. The Morgan fingerprint density at radius 2 is 2.18 bits per heavy atom. The Morgan fingerprint density at radius 1 is 1.35 bits per heavy atom. The normalized spacial score (nSPS) is 14.7. The maximum atomic E-state index is 5.81. The van der Waals surface area contributed by atoms with E-state index < -0.39 is 0 Å².